The molecule has 0 aromatic heterocycles. The topological polar surface area (TPSA) is 26.3 Å². The van der Waals surface area contributed by atoms with Gasteiger partial charge in [0.15, 0.2) is 5.78 Å². The van der Waals surface area contributed by atoms with E-state index in [2.05, 4.69) is 33.4 Å². The van der Waals surface area contributed by atoms with Gasteiger partial charge in [0.05, 0.1) is 0 Å². The highest BCUT2D eigenvalue weighted by Crippen LogP contribution is 2.65. The van der Waals surface area contributed by atoms with E-state index in [-0.39, 0.29) is 10.8 Å². The summed E-state index contributed by atoms with van der Waals surface area (Å²) in [4.78, 5) is 12.8. The Hall–Kier alpha value is -1.83. The van der Waals surface area contributed by atoms with Gasteiger partial charge in [0.2, 0.25) is 0 Å². The van der Waals surface area contributed by atoms with E-state index in [9.17, 15) is 4.79 Å². The molecule has 0 saturated heterocycles. The molecule has 0 N–H and O–H groups in total. The van der Waals surface area contributed by atoms with Crippen molar-refractivity contribution in [3.63, 3.8) is 0 Å². The van der Waals surface area contributed by atoms with Gasteiger partial charge in [0.25, 0.3) is 0 Å². The van der Waals surface area contributed by atoms with Crippen LogP contribution >= 0.6 is 0 Å². The van der Waals surface area contributed by atoms with Crippen LogP contribution in [0.4, 0.5) is 0 Å². The SMILES string of the molecule is C=CCOc1ccc(C=C2C(=O)C3(C)CCC2C3(C)C)cc1. The summed E-state index contributed by atoms with van der Waals surface area (Å²) < 4.78 is 5.49. The minimum atomic E-state index is -0.184. The van der Waals surface area contributed by atoms with E-state index in [0.717, 1.165) is 29.7 Å². The Morgan fingerprint density at radius 3 is 2.50 bits per heavy atom. The van der Waals surface area contributed by atoms with Gasteiger partial charge in [-0.15, -0.1) is 0 Å². The molecule has 2 saturated carbocycles. The molecule has 2 heteroatoms. The third-order valence-corrected chi connectivity index (χ3v) is 5.94. The van der Waals surface area contributed by atoms with Gasteiger partial charge in [0, 0.05) is 5.41 Å². The number of carbonyl (C=O) groups excluding carboxylic acids is 1. The average Bonchev–Trinajstić information content (AvgIpc) is 2.81. The van der Waals surface area contributed by atoms with Gasteiger partial charge < -0.3 is 4.74 Å². The highest BCUT2D eigenvalue weighted by atomic mass is 16.5. The van der Waals surface area contributed by atoms with Crippen LogP contribution in [0.5, 0.6) is 5.75 Å². The highest BCUT2D eigenvalue weighted by Gasteiger charge is 2.63. The van der Waals surface area contributed by atoms with Gasteiger partial charge in [-0.25, -0.2) is 0 Å². The summed E-state index contributed by atoms with van der Waals surface area (Å²) in [5.41, 5.74) is 1.97. The number of benzene rings is 1. The van der Waals surface area contributed by atoms with Gasteiger partial charge in [-0.05, 0) is 53.5 Å². The largest absolute Gasteiger partial charge is 0.490 e. The molecule has 3 rings (SSSR count). The second kappa shape index (κ2) is 5.12. The summed E-state index contributed by atoms with van der Waals surface area (Å²) >= 11 is 0. The average molecular weight is 296 g/mol. The maximum absolute atomic E-state index is 12.8. The molecule has 1 aromatic carbocycles. The minimum Gasteiger partial charge on any atom is -0.490 e. The molecule has 116 valence electrons. The van der Waals surface area contributed by atoms with Crippen LogP contribution in [0.15, 0.2) is 42.5 Å². The van der Waals surface area contributed by atoms with E-state index in [1.54, 1.807) is 6.08 Å². The lowest BCUT2D eigenvalue weighted by Gasteiger charge is -2.31. The number of allylic oxidation sites excluding steroid dienone is 1. The predicted octanol–water partition coefficient (Wildman–Crippen LogP) is 4.66. The molecule has 2 fully saturated rings. The van der Waals surface area contributed by atoms with Crippen molar-refractivity contribution in [2.24, 2.45) is 16.7 Å². The lowest BCUT2D eigenvalue weighted by Crippen LogP contribution is -2.32. The van der Waals surface area contributed by atoms with E-state index < -0.39 is 0 Å². The Bertz CT molecular complexity index is 636. The standard InChI is InChI=1S/C20H24O2/c1-5-12-22-15-8-6-14(7-9-15)13-16-17-10-11-20(4,18(16)21)19(17,2)3/h5-9,13,17H,1,10-12H2,2-4H3. The summed E-state index contributed by atoms with van der Waals surface area (Å²) in [5.74, 6) is 1.57. The number of fused-ring (bicyclic) bond motifs is 2. The fourth-order valence-electron chi connectivity index (χ4n) is 4.09. The van der Waals surface area contributed by atoms with Crippen LogP contribution in [0.2, 0.25) is 0 Å². The first-order valence-corrected chi connectivity index (χ1v) is 8.00. The number of ether oxygens (including phenoxy) is 1. The maximum Gasteiger partial charge on any atom is 0.165 e. The Morgan fingerprint density at radius 2 is 1.95 bits per heavy atom. The fraction of sp³-hybridized carbons (Fsp3) is 0.450. The zero-order valence-corrected chi connectivity index (χ0v) is 13.7. The van der Waals surface area contributed by atoms with Crippen LogP contribution in [-0.4, -0.2) is 12.4 Å². The molecule has 2 unspecified atom stereocenters. The van der Waals surface area contributed by atoms with Gasteiger partial charge >= 0.3 is 0 Å². The fourth-order valence-corrected chi connectivity index (χ4v) is 4.09. The Morgan fingerprint density at radius 1 is 1.27 bits per heavy atom. The molecule has 0 spiro atoms. The summed E-state index contributed by atoms with van der Waals surface area (Å²) in [5, 5.41) is 0. The molecular formula is C20H24O2. The van der Waals surface area contributed by atoms with Crippen LogP contribution in [0.25, 0.3) is 6.08 Å². The van der Waals surface area contributed by atoms with Crippen molar-refractivity contribution in [2.75, 3.05) is 6.61 Å². The predicted molar refractivity (Wildman–Crippen MR) is 89.7 cm³/mol. The molecule has 0 aliphatic heterocycles. The molecule has 0 radical (unpaired) electrons. The lowest BCUT2D eigenvalue weighted by molar-refractivity contribution is -0.125. The first kappa shape index (κ1) is 15.1. The van der Waals surface area contributed by atoms with Crippen LogP contribution in [-0.2, 0) is 4.79 Å². The number of ketones is 1. The Kier molecular flexibility index (Phi) is 3.51. The quantitative estimate of drug-likeness (QED) is 0.596. The van der Waals surface area contributed by atoms with Crippen molar-refractivity contribution in [3.05, 3.63) is 48.1 Å². The summed E-state index contributed by atoms with van der Waals surface area (Å²) in [6.45, 7) is 10.8. The summed E-state index contributed by atoms with van der Waals surface area (Å²) in [7, 11) is 0. The minimum absolute atomic E-state index is 0.0724. The van der Waals surface area contributed by atoms with Crippen molar-refractivity contribution < 1.29 is 9.53 Å². The summed E-state index contributed by atoms with van der Waals surface area (Å²) in [6, 6.07) is 7.92. The number of hydrogen-bond donors (Lipinski definition) is 0. The second-order valence-electron chi connectivity index (χ2n) is 7.24. The van der Waals surface area contributed by atoms with E-state index >= 15 is 0 Å². The van der Waals surface area contributed by atoms with E-state index in [1.165, 1.54) is 0 Å². The van der Waals surface area contributed by atoms with Crippen molar-refractivity contribution >= 4 is 11.9 Å². The Balaban J connectivity index is 1.87. The monoisotopic (exact) mass is 296 g/mol. The molecule has 0 amide bonds. The zero-order chi connectivity index (χ0) is 16.0. The first-order valence-electron chi connectivity index (χ1n) is 8.00. The van der Waals surface area contributed by atoms with E-state index in [0.29, 0.717) is 18.3 Å². The third-order valence-electron chi connectivity index (χ3n) is 5.94. The summed E-state index contributed by atoms with van der Waals surface area (Å²) in [6.07, 6.45) is 5.96. The molecule has 2 nitrogen and oxygen atoms in total. The molecule has 2 bridgehead atoms. The first-order chi connectivity index (χ1) is 10.4. The van der Waals surface area contributed by atoms with Crippen molar-refractivity contribution in [2.45, 2.75) is 33.6 Å². The zero-order valence-electron chi connectivity index (χ0n) is 13.7. The van der Waals surface area contributed by atoms with Crippen LogP contribution in [0.3, 0.4) is 0 Å². The Labute approximate surface area is 132 Å². The lowest BCUT2D eigenvalue weighted by atomic mass is 9.70. The van der Waals surface area contributed by atoms with Crippen LogP contribution < -0.4 is 4.74 Å². The van der Waals surface area contributed by atoms with Gasteiger partial charge in [-0.3, -0.25) is 4.79 Å². The second-order valence-corrected chi connectivity index (χ2v) is 7.24. The normalized spacial score (nSPS) is 30.8. The van der Waals surface area contributed by atoms with Crippen molar-refractivity contribution in [1.82, 2.24) is 0 Å². The molecule has 2 aliphatic carbocycles. The third kappa shape index (κ3) is 2.05. The molecule has 2 atom stereocenters. The van der Waals surface area contributed by atoms with Gasteiger partial charge in [0.1, 0.15) is 12.4 Å². The molecule has 0 heterocycles. The number of Topliss-reactive ketones (excluding diaryl/α,β-unsaturated/α-hetero) is 1. The molecule has 2 aliphatic rings. The smallest absolute Gasteiger partial charge is 0.165 e. The van der Waals surface area contributed by atoms with E-state index in [4.69, 9.17) is 4.74 Å². The van der Waals surface area contributed by atoms with Crippen molar-refractivity contribution in [3.8, 4) is 5.75 Å². The van der Waals surface area contributed by atoms with Gasteiger partial charge in [-0.2, -0.15) is 0 Å². The van der Waals surface area contributed by atoms with Crippen LogP contribution in [0, 0.1) is 16.7 Å². The molecule has 22 heavy (non-hydrogen) atoms. The number of rotatable bonds is 4. The van der Waals surface area contributed by atoms with Crippen LogP contribution in [0.1, 0.15) is 39.2 Å². The van der Waals surface area contributed by atoms with Crippen molar-refractivity contribution in [1.29, 1.82) is 0 Å². The molecule has 1 aromatic rings. The van der Waals surface area contributed by atoms with E-state index in [1.807, 2.05) is 24.3 Å². The van der Waals surface area contributed by atoms with Gasteiger partial charge in [-0.1, -0.05) is 45.6 Å². The number of carbonyl (C=O) groups is 1. The maximum atomic E-state index is 12.8. The molecular weight excluding hydrogens is 272 g/mol. The highest BCUT2D eigenvalue weighted by molar-refractivity contribution is 6.07. The number of hydrogen-bond acceptors (Lipinski definition) is 2.